The highest BCUT2D eigenvalue weighted by Gasteiger charge is 2.17. The fourth-order valence-electron chi connectivity index (χ4n) is 1.67. The smallest absolute Gasteiger partial charge is 0.223 e. The van der Waals surface area contributed by atoms with Crippen LogP contribution in [0.4, 0.5) is 0 Å². The van der Waals surface area contributed by atoms with Crippen LogP contribution in [-0.4, -0.2) is 9.97 Å². The molecule has 100 valence electrons. The average molecular weight is 321 g/mol. The lowest BCUT2D eigenvalue weighted by Gasteiger charge is -2.23. The number of rotatable bonds is 4. The predicted octanol–water partition coefficient (Wildman–Crippen LogP) is 4.72. The standard InChI is InChI=1S/C15H17BrN2O/c1-4-15(2,3)11-5-7-12(8-6-11)19-14-9-13(16)17-10-18-14/h5-10H,4H2,1-3H3. The second-order valence-corrected chi connectivity index (χ2v) is 5.86. The molecule has 0 spiro atoms. The quantitative estimate of drug-likeness (QED) is 0.764. The number of aromatic nitrogens is 2. The third-order valence-electron chi connectivity index (χ3n) is 3.35. The van der Waals surface area contributed by atoms with Gasteiger partial charge in [-0.2, -0.15) is 0 Å². The lowest BCUT2D eigenvalue weighted by atomic mass is 9.82. The molecule has 0 amide bonds. The molecule has 4 heteroatoms. The maximum Gasteiger partial charge on any atom is 0.223 e. The maximum atomic E-state index is 5.68. The van der Waals surface area contributed by atoms with Crippen molar-refractivity contribution in [1.29, 1.82) is 0 Å². The Hall–Kier alpha value is -1.42. The van der Waals surface area contributed by atoms with Gasteiger partial charge in [-0.15, -0.1) is 0 Å². The molecule has 0 fully saturated rings. The van der Waals surface area contributed by atoms with E-state index in [9.17, 15) is 0 Å². The summed E-state index contributed by atoms with van der Waals surface area (Å²) in [5.74, 6) is 1.31. The van der Waals surface area contributed by atoms with E-state index >= 15 is 0 Å². The molecule has 0 saturated carbocycles. The molecule has 0 atom stereocenters. The second kappa shape index (κ2) is 5.70. The summed E-state index contributed by atoms with van der Waals surface area (Å²) in [7, 11) is 0. The normalized spacial score (nSPS) is 11.4. The van der Waals surface area contributed by atoms with Crippen LogP contribution >= 0.6 is 15.9 Å². The number of benzene rings is 1. The Bertz CT molecular complexity index is 552. The van der Waals surface area contributed by atoms with Gasteiger partial charge in [0.1, 0.15) is 16.7 Å². The lowest BCUT2D eigenvalue weighted by molar-refractivity contribution is 0.458. The first kappa shape index (κ1) is 14.0. The number of hydrogen-bond donors (Lipinski definition) is 0. The summed E-state index contributed by atoms with van der Waals surface area (Å²) in [5, 5.41) is 0. The van der Waals surface area contributed by atoms with Crippen molar-refractivity contribution >= 4 is 15.9 Å². The Morgan fingerprint density at radius 2 is 1.84 bits per heavy atom. The van der Waals surface area contributed by atoms with Crippen LogP contribution in [0.3, 0.4) is 0 Å². The van der Waals surface area contributed by atoms with Gasteiger partial charge in [0.15, 0.2) is 0 Å². The van der Waals surface area contributed by atoms with Crippen LogP contribution in [0.1, 0.15) is 32.8 Å². The zero-order valence-corrected chi connectivity index (χ0v) is 12.9. The molecule has 0 N–H and O–H groups in total. The summed E-state index contributed by atoms with van der Waals surface area (Å²) in [6, 6.07) is 9.90. The molecule has 0 bridgehead atoms. The van der Waals surface area contributed by atoms with E-state index in [1.807, 2.05) is 12.1 Å². The Labute approximate surface area is 122 Å². The van der Waals surface area contributed by atoms with E-state index in [4.69, 9.17) is 4.74 Å². The van der Waals surface area contributed by atoms with Crippen molar-refractivity contribution in [2.45, 2.75) is 32.6 Å². The predicted molar refractivity (Wildman–Crippen MR) is 79.6 cm³/mol. The number of hydrogen-bond acceptors (Lipinski definition) is 3. The molecule has 1 heterocycles. The minimum absolute atomic E-state index is 0.191. The van der Waals surface area contributed by atoms with Crippen molar-refractivity contribution in [2.75, 3.05) is 0 Å². The molecule has 0 radical (unpaired) electrons. The molecular weight excluding hydrogens is 304 g/mol. The van der Waals surface area contributed by atoms with Crippen LogP contribution in [0, 0.1) is 0 Å². The van der Waals surface area contributed by atoms with Crippen LogP contribution in [0.25, 0.3) is 0 Å². The van der Waals surface area contributed by atoms with E-state index in [0.717, 1.165) is 12.2 Å². The summed E-state index contributed by atoms with van der Waals surface area (Å²) >= 11 is 3.29. The van der Waals surface area contributed by atoms with E-state index in [1.54, 1.807) is 6.07 Å². The molecular formula is C15H17BrN2O. The minimum atomic E-state index is 0.191. The average Bonchev–Trinajstić information content (AvgIpc) is 2.39. The summed E-state index contributed by atoms with van der Waals surface area (Å²) < 4.78 is 6.39. The van der Waals surface area contributed by atoms with Gasteiger partial charge in [-0.3, -0.25) is 0 Å². The monoisotopic (exact) mass is 320 g/mol. The van der Waals surface area contributed by atoms with E-state index in [2.05, 4.69) is 58.8 Å². The Morgan fingerprint density at radius 1 is 1.16 bits per heavy atom. The SMILES string of the molecule is CCC(C)(C)c1ccc(Oc2cc(Br)ncn2)cc1. The van der Waals surface area contributed by atoms with Gasteiger partial charge in [0.05, 0.1) is 0 Å². The highest BCUT2D eigenvalue weighted by Crippen LogP contribution is 2.29. The van der Waals surface area contributed by atoms with E-state index in [1.165, 1.54) is 11.9 Å². The van der Waals surface area contributed by atoms with Gasteiger partial charge < -0.3 is 4.74 Å². The molecule has 0 aliphatic carbocycles. The Balaban J connectivity index is 2.15. The Kier molecular flexibility index (Phi) is 4.20. The molecule has 19 heavy (non-hydrogen) atoms. The molecule has 2 rings (SSSR count). The summed E-state index contributed by atoms with van der Waals surface area (Å²) in [4.78, 5) is 8.02. The Morgan fingerprint density at radius 3 is 2.42 bits per heavy atom. The minimum Gasteiger partial charge on any atom is -0.439 e. The van der Waals surface area contributed by atoms with Gasteiger partial charge >= 0.3 is 0 Å². The van der Waals surface area contributed by atoms with Gasteiger partial charge in [0, 0.05) is 6.07 Å². The molecule has 0 unspecified atom stereocenters. The van der Waals surface area contributed by atoms with Crippen molar-refractivity contribution in [3.63, 3.8) is 0 Å². The largest absolute Gasteiger partial charge is 0.439 e. The molecule has 3 nitrogen and oxygen atoms in total. The molecule has 0 aliphatic heterocycles. The van der Waals surface area contributed by atoms with Gasteiger partial charge in [0.2, 0.25) is 5.88 Å². The van der Waals surface area contributed by atoms with Crippen molar-refractivity contribution in [2.24, 2.45) is 0 Å². The first-order valence-electron chi connectivity index (χ1n) is 6.27. The van der Waals surface area contributed by atoms with Gasteiger partial charge in [-0.25, -0.2) is 9.97 Å². The fraction of sp³-hybridized carbons (Fsp3) is 0.333. The zero-order valence-electron chi connectivity index (χ0n) is 11.4. The van der Waals surface area contributed by atoms with E-state index < -0.39 is 0 Å². The molecule has 1 aromatic carbocycles. The molecule has 2 aromatic rings. The van der Waals surface area contributed by atoms with E-state index in [0.29, 0.717) is 10.5 Å². The van der Waals surface area contributed by atoms with Crippen LogP contribution in [0.2, 0.25) is 0 Å². The van der Waals surface area contributed by atoms with Crippen LogP contribution in [-0.2, 0) is 5.41 Å². The topological polar surface area (TPSA) is 35.0 Å². The fourth-order valence-corrected chi connectivity index (χ4v) is 1.96. The van der Waals surface area contributed by atoms with Gasteiger partial charge in [-0.1, -0.05) is 32.9 Å². The first-order chi connectivity index (χ1) is 9.01. The van der Waals surface area contributed by atoms with Crippen molar-refractivity contribution in [3.05, 3.63) is 46.8 Å². The summed E-state index contributed by atoms with van der Waals surface area (Å²) in [6.45, 7) is 6.68. The van der Waals surface area contributed by atoms with Gasteiger partial charge in [-0.05, 0) is 45.5 Å². The van der Waals surface area contributed by atoms with E-state index in [-0.39, 0.29) is 5.41 Å². The second-order valence-electron chi connectivity index (χ2n) is 5.04. The molecule has 0 saturated heterocycles. The summed E-state index contributed by atoms with van der Waals surface area (Å²) in [5.41, 5.74) is 1.50. The third-order valence-corrected chi connectivity index (χ3v) is 3.78. The first-order valence-corrected chi connectivity index (χ1v) is 7.06. The van der Waals surface area contributed by atoms with Crippen LogP contribution < -0.4 is 4.74 Å². The maximum absolute atomic E-state index is 5.68. The number of nitrogens with zero attached hydrogens (tertiary/aromatic N) is 2. The molecule has 0 aliphatic rings. The highest BCUT2D eigenvalue weighted by molar-refractivity contribution is 9.10. The lowest BCUT2D eigenvalue weighted by Crippen LogP contribution is -2.14. The van der Waals surface area contributed by atoms with Crippen molar-refractivity contribution < 1.29 is 4.74 Å². The number of ether oxygens (including phenoxy) is 1. The van der Waals surface area contributed by atoms with Crippen LogP contribution in [0.15, 0.2) is 41.3 Å². The highest BCUT2D eigenvalue weighted by atomic mass is 79.9. The molecule has 1 aromatic heterocycles. The summed E-state index contributed by atoms with van der Waals surface area (Å²) in [6.07, 6.45) is 2.57. The van der Waals surface area contributed by atoms with Crippen LogP contribution in [0.5, 0.6) is 11.6 Å². The van der Waals surface area contributed by atoms with Gasteiger partial charge in [0.25, 0.3) is 0 Å². The third kappa shape index (κ3) is 3.53. The number of halogens is 1. The van der Waals surface area contributed by atoms with Crippen molar-refractivity contribution in [3.8, 4) is 11.6 Å². The van der Waals surface area contributed by atoms with Crippen molar-refractivity contribution in [1.82, 2.24) is 9.97 Å². The zero-order chi connectivity index (χ0) is 13.9.